The van der Waals surface area contributed by atoms with Crippen molar-refractivity contribution in [1.29, 1.82) is 0 Å². The molecular weight excluding hydrogens is 396 g/mol. The van der Waals surface area contributed by atoms with Crippen molar-refractivity contribution >= 4 is 11.7 Å². The minimum atomic E-state index is -0.528. The van der Waals surface area contributed by atoms with Crippen LogP contribution in [0, 0.1) is 13.8 Å². The quantitative estimate of drug-likeness (QED) is 0.343. The fraction of sp³-hybridized carbons (Fsp3) is 0.273. The van der Waals surface area contributed by atoms with Crippen LogP contribution in [0.3, 0.4) is 0 Å². The van der Waals surface area contributed by atoms with Crippen LogP contribution in [0.1, 0.15) is 16.7 Å². The molecular formula is C22H28N6O3. The summed E-state index contributed by atoms with van der Waals surface area (Å²) in [7, 11) is 3.07. The second kappa shape index (κ2) is 9.61. The number of carbonyl (C=O) groups is 1. The average molecular weight is 425 g/mol. The smallest absolute Gasteiger partial charge is 0.352 e. The number of aromatic nitrogens is 2. The number of ether oxygens (including phenoxy) is 2. The first-order valence-corrected chi connectivity index (χ1v) is 9.73. The van der Waals surface area contributed by atoms with E-state index < -0.39 is 6.03 Å². The lowest BCUT2D eigenvalue weighted by atomic mass is 10.1. The molecule has 3 rings (SSSR count). The van der Waals surface area contributed by atoms with Crippen molar-refractivity contribution in [3.05, 3.63) is 65.4 Å². The molecule has 2 aromatic carbocycles. The highest BCUT2D eigenvalue weighted by Crippen LogP contribution is 2.28. The van der Waals surface area contributed by atoms with Crippen LogP contribution in [0.4, 0.5) is 10.5 Å². The van der Waals surface area contributed by atoms with Gasteiger partial charge in [-0.15, -0.1) is 0 Å². The number of hydrogen-bond acceptors (Lipinski definition) is 6. The van der Waals surface area contributed by atoms with Crippen molar-refractivity contribution in [1.82, 2.24) is 14.8 Å². The summed E-state index contributed by atoms with van der Waals surface area (Å²) < 4.78 is 12.9. The molecule has 164 valence electrons. The van der Waals surface area contributed by atoms with E-state index in [0.717, 1.165) is 43.7 Å². The van der Waals surface area contributed by atoms with Crippen LogP contribution in [0.15, 0.2) is 48.7 Å². The van der Waals surface area contributed by atoms with Gasteiger partial charge in [-0.25, -0.2) is 26.2 Å². The third-order valence-electron chi connectivity index (χ3n) is 4.90. The molecule has 0 bridgehead atoms. The van der Waals surface area contributed by atoms with Crippen LogP contribution >= 0.6 is 0 Å². The monoisotopic (exact) mass is 424 g/mol. The van der Waals surface area contributed by atoms with E-state index in [1.165, 1.54) is 7.05 Å². The third kappa shape index (κ3) is 5.02. The first kappa shape index (κ1) is 22.3. The Morgan fingerprint density at radius 3 is 2.58 bits per heavy atom. The molecule has 0 aliphatic heterocycles. The molecule has 9 nitrogen and oxygen atoms in total. The molecule has 0 unspecified atom stereocenters. The summed E-state index contributed by atoms with van der Waals surface area (Å²) in [6.07, 6.45) is 1.87. The van der Waals surface area contributed by atoms with Gasteiger partial charge in [0.05, 0.1) is 11.4 Å². The average Bonchev–Trinajstić information content (AvgIpc) is 3.21. The SMILES string of the molecule is COCn1ccc(-c2ccc(OCc3c(C)cccc3N(N)C(=O)N(C)N)c(C)c2)n1. The number of urea groups is 1. The van der Waals surface area contributed by atoms with E-state index in [1.54, 1.807) is 17.9 Å². The summed E-state index contributed by atoms with van der Waals surface area (Å²) in [4.78, 5) is 12.2. The van der Waals surface area contributed by atoms with Crippen LogP contribution in [-0.4, -0.2) is 35.0 Å². The van der Waals surface area contributed by atoms with E-state index in [0.29, 0.717) is 12.4 Å². The van der Waals surface area contributed by atoms with E-state index in [9.17, 15) is 4.79 Å². The maximum atomic E-state index is 12.2. The van der Waals surface area contributed by atoms with Crippen LogP contribution < -0.4 is 21.4 Å². The Balaban J connectivity index is 1.79. The highest BCUT2D eigenvalue weighted by molar-refractivity contribution is 5.91. The Labute approximate surface area is 181 Å². The summed E-state index contributed by atoms with van der Waals surface area (Å²) >= 11 is 0. The zero-order valence-corrected chi connectivity index (χ0v) is 18.2. The third-order valence-corrected chi connectivity index (χ3v) is 4.90. The molecule has 3 aromatic rings. The summed E-state index contributed by atoms with van der Waals surface area (Å²) in [5.41, 5.74) is 5.12. The minimum absolute atomic E-state index is 0.250. The number of hydrogen-bond donors (Lipinski definition) is 2. The zero-order chi connectivity index (χ0) is 22.5. The maximum absolute atomic E-state index is 12.2. The van der Waals surface area contributed by atoms with Crippen molar-refractivity contribution < 1.29 is 14.3 Å². The molecule has 0 fully saturated rings. The molecule has 0 aliphatic rings. The zero-order valence-electron chi connectivity index (χ0n) is 18.2. The number of nitrogens with zero attached hydrogens (tertiary/aromatic N) is 4. The van der Waals surface area contributed by atoms with Crippen molar-refractivity contribution in [2.75, 3.05) is 19.2 Å². The highest BCUT2D eigenvalue weighted by Gasteiger charge is 2.19. The summed E-state index contributed by atoms with van der Waals surface area (Å²) in [5, 5.41) is 6.45. The summed E-state index contributed by atoms with van der Waals surface area (Å²) in [6.45, 7) is 4.57. The van der Waals surface area contributed by atoms with Gasteiger partial charge in [0.2, 0.25) is 0 Å². The Morgan fingerprint density at radius 2 is 1.90 bits per heavy atom. The molecule has 0 atom stereocenters. The van der Waals surface area contributed by atoms with Gasteiger partial charge in [-0.2, -0.15) is 5.10 Å². The fourth-order valence-corrected chi connectivity index (χ4v) is 3.21. The standard InChI is InChI=1S/C22H28N6O3/c1-15-6-5-7-20(28(24)22(29)26(3)23)18(15)13-31-21-9-8-17(12-16(21)2)19-10-11-27(25-19)14-30-4/h5-12H,13-14,23-24H2,1-4H3. The van der Waals surface area contributed by atoms with Crippen LogP contribution in [0.5, 0.6) is 5.75 Å². The summed E-state index contributed by atoms with van der Waals surface area (Å²) in [5.74, 6) is 12.3. The van der Waals surface area contributed by atoms with Gasteiger partial charge in [-0.05, 0) is 55.3 Å². The lowest BCUT2D eigenvalue weighted by Crippen LogP contribution is -2.49. The molecule has 0 radical (unpaired) electrons. The lowest BCUT2D eigenvalue weighted by Gasteiger charge is -2.24. The number of nitrogens with two attached hydrogens (primary N) is 2. The van der Waals surface area contributed by atoms with Gasteiger partial charge in [-0.3, -0.25) is 5.01 Å². The predicted octanol–water partition coefficient (Wildman–Crippen LogP) is 2.96. The molecule has 0 saturated carbocycles. The first-order valence-electron chi connectivity index (χ1n) is 9.73. The van der Waals surface area contributed by atoms with Crippen LogP contribution in [0.25, 0.3) is 11.3 Å². The number of anilines is 1. The molecule has 1 heterocycles. The largest absolute Gasteiger partial charge is 0.489 e. The van der Waals surface area contributed by atoms with E-state index in [-0.39, 0.29) is 6.61 Å². The van der Waals surface area contributed by atoms with Gasteiger partial charge in [-0.1, -0.05) is 12.1 Å². The van der Waals surface area contributed by atoms with Crippen molar-refractivity contribution in [2.24, 2.45) is 11.7 Å². The van der Waals surface area contributed by atoms with Gasteiger partial charge in [0.1, 0.15) is 19.1 Å². The van der Waals surface area contributed by atoms with E-state index in [1.807, 2.05) is 56.4 Å². The highest BCUT2D eigenvalue weighted by atomic mass is 16.5. The Kier molecular flexibility index (Phi) is 6.91. The number of rotatable bonds is 7. The van der Waals surface area contributed by atoms with E-state index in [4.69, 9.17) is 21.2 Å². The van der Waals surface area contributed by atoms with E-state index >= 15 is 0 Å². The second-order valence-corrected chi connectivity index (χ2v) is 7.26. The molecule has 0 aliphatic carbocycles. The van der Waals surface area contributed by atoms with Gasteiger partial charge in [0, 0.05) is 31.5 Å². The Bertz CT molecular complexity index is 1060. The summed E-state index contributed by atoms with van der Waals surface area (Å²) in [6, 6.07) is 12.9. The molecule has 9 heteroatoms. The maximum Gasteiger partial charge on any atom is 0.352 e. The number of carbonyl (C=O) groups excluding carboxylic acids is 1. The first-order chi connectivity index (χ1) is 14.8. The van der Waals surface area contributed by atoms with Gasteiger partial charge in [0.15, 0.2) is 0 Å². The van der Waals surface area contributed by atoms with Gasteiger partial charge in [0.25, 0.3) is 0 Å². The normalized spacial score (nSPS) is 10.8. The lowest BCUT2D eigenvalue weighted by molar-refractivity contribution is 0.121. The number of benzene rings is 2. The molecule has 31 heavy (non-hydrogen) atoms. The molecule has 0 saturated heterocycles. The Morgan fingerprint density at radius 1 is 1.13 bits per heavy atom. The molecule has 0 spiro atoms. The van der Waals surface area contributed by atoms with Gasteiger partial charge >= 0.3 is 6.03 Å². The van der Waals surface area contributed by atoms with Crippen LogP contribution in [0.2, 0.25) is 0 Å². The molecule has 4 N–H and O–H groups in total. The van der Waals surface area contributed by atoms with Crippen molar-refractivity contribution in [3.8, 4) is 17.0 Å². The van der Waals surface area contributed by atoms with Crippen molar-refractivity contribution in [2.45, 2.75) is 27.2 Å². The molecule has 2 amide bonds. The topological polar surface area (TPSA) is 112 Å². The second-order valence-electron chi connectivity index (χ2n) is 7.26. The number of amides is 2. The number of hydrazine groups is 2. The minimum Gasteiger partial charge on any atom is -0.489 e. The van der Waals surface area contributed by atoms with Crippen LogP contribution in [-0.2, 0) is 18.1 Å². The fourth-order valence-electron chi connectivity index (χ4n) is 3.21. The van der Waals surface area contributed by atoms with Crippen molar-refractivity contribution in [3.63, 3.8) is 0 Å². The molecule has 1 aromatic heterocycles. The predicted molar refractivity (Wildman–Crippen MR) is 119 cm³/mol. The Hall–Kier alpha value is -3.40. The number of methoxy groups -OCH3 is 1. The number of aryl methyl sites for hydroxylation is 2. The van der Waals surface area contributed by atoms with Gasteiger partial charge < -0.3 is 9.47 Å². The van der Waals surface area contributed by atoms with E-state index in [2.05, 4.69) is 5.10 Å².